The number of aromatic nitrogens is 4. The van der Waals surface area contributed by atoms with Crippen LogP contribution in [0.15, 0.2) is 23.4 Å². The van der Waals surface area contributed by atoms with E-state index < -0.39 is 0 Å². The van der Waals surface area contributed by atoms with Crippen molar-refractivity contribution in [3.05, 3.63) is 44.2 Å². The zero-order valence-electron chi connectivity index (χ0n) is 9.72. The number of halogens is 1. The molecule has 2 aromatic rings. The molecule has 6 heteroatoms. The van der Waals surface area contributed by atoms with Gasteiger partial charge in [0.2, 0.25) is 0 Å². The molecule has 0 saturated carbocycles. The zero-order valence-corrected chi connectivity index (χ0v) is 11.9. The first-order valence-corrected chi connectivity index (χ1v) is 6.43. The van der Waals surface area contributed by atoms with Crippen LogP contribution in [0.2, 0.25) is 0 Å². The molecule has 0 radical (unpaired) electrons. The molecule has 0 aliphatic rings. The van der Waals surface area contributed by atoms with Gasteiger partial charge in [0.1, 0.15) is 11.6 Å². The van der Waals surface area contributed by atoms with E-state index >= 15 is 0 Å². The minimum Gasteiger partial charge on any atom is -0.334 e. The molecule has 5 nitrogen and oxygen atoms in total. The van der Waals surface area contributed by atoms with Gasteiger partial charge in [0, 0.05) is 25.1 Å². The molecule has 0 aromatic carbocycles. The molecule has 2 rings (SSSR count). The van der Waals surface area contributed by atoms with Crippen molar-refractivity contribution in [2.45, 2.75) is 26.9 Å². The molecule has 2 aromatic heterocycles. The normalized spacial score (nSPS) is 10.8. The number of rotatable bonds is 3. The summed E-state index contributed by atoms with van der Waals surface area (Å²) in [4.78, 5) is 20.5. The third kappa shape index (κ3) is 2.41. The van der Waals surface area contributed by atoms with Gasteiger partial charge < -0.3 is 4.57 Å². The highest BCUT2D eigenvalue weighted by Crippen LogP contribution is 2.03. The van der Waals surface area contributed by atoms with Crippen molar-refractivity contribution in [2.24, 2.45) is 0 Å². The molecular formula is C11H13IN4O. The summed E-state index contributed by atoms with van der Waals surface area (Å²) in [5.74, 6) is 1.59. The van der Waals surface area contributed by atoms with E-state index in [1.54, 1.807) is 17.0 Å². The summed E-state index contributed by atoms with van der Waals surface area (Å²) in [5.41, 5.74) is -0.0104. The van der Waals surface area contributed by atoms with Crippen LogP contribution in [0, 0.1) is 10.5 Å². The first-order valence-electron chi connectivity index (χ1n) is 5.35. The number of hydrogen-bond acceptors (Lipinski definition) is 3. The third-order valence-electron chi connectivity index (χ3n) is 2.65. The van der Waals surface area contributed by atoms with Crippen LogP contribution < -0.4 is 5.56 Å². The van der Waals surface area contributed by atoms with Crippen LogP contribution in [-0.4, -0.2) is 19.1 Å². The third-order valence-corrected chi connectivity index (χ3v) is 3.39. The Morgan fingerprint density at radius 2 is 2.18 bits per heavy atom. The highest BCUT2D eigenvalue weighted by molar-refractivity contribution is 14.1. The predicted molar refractivity (Wildman–Crippen MR) is 73.0 cm³/mol. The summed E-state index contributed by atoms with van der Waals surface area (Å²) in [6.07, 6.45) is 5.26. The maximum atomic E-state index is 12.0. The van der Waals surface area contributed by atoms with Gasteiger partial charge in [-0.05, 0) is 36.4 Å². The van der Waals surface area contributed by atoms with E-state index in [0.29, 0.717) is 15.9 Å². The summed E-state index contributed by atoms with van der Waals surface area (Å²) in [7, 11) is 0. The first-order chi connectivity index (χ1) is 8.13. The maximum absolute atomic E-state index is 12.0. The summed E-state index contributed by atoms with van der Waals surface area (Å²) >= 11 is 2.00. The zero-order chi connectivity index (χ0) is 12.4. The lowest BCUT2D eigenvalue weighted by molar-refractivity contribution is 0.614. The van der Waals surface area contributed by atoms with Gasteiger partial charge in [-0.2, -0.15) is 0 Å². The molecule has 90 valence electrons. The smallest absolute Gasteiger partial charge is 0.267 e. The Bertz CT molecular complexity index is 587. The van der Waals surface area contributed by atoms with Gasteiger partial charge in [0.15, 0.2) is 0 Å². The van der Waals surface area contributed by atoms with Crippen molar-refractivity contribution in [1.29, 1.82) is 0 Å². The molecule has 0 N–H and O–H groups in total. The molecule has 0 saturated heterocycles. The van der Waals surface area contributed by atoms with Crippen LogP contribution in [0.5, 0.6) is 0 Å². The molecular weight excluding hydrogens is 331 g/mol. The average Bonchev–Trinajstić information content (AvgIpc) is 2.77. The van der Waals surface area contributed by atoms with Gasteiger partial charge in [0.25, 0.3) is 5.56 Å². The highest BCUT2D eigenvalue weighted by atomic mass is 127. The van der Waals surface area contributed by atoms with E-state index in [1.165, 1.54) is 0 Å². The van der Waals surface area contributed by atoms with E-state index in [1.807, 2.05) is 47.2 Å². The molecule has 0 bridgehead atoms. The van der Waals surface area contributed by atoms with Crippen molar-refractivity contribution in [1.82, 2.24) is 19.1 Å². The van der Waals surface area contributed by atoms with Gasteiger partial charge in [0.05, 0.1) is 10.1 Å². The summed E-state index contributed by atoms with van der Waals surface area (Å²) in [6.45, 7) is 5.19. The van der Waals surface area contributed by atoms with Crippen LogP contribution >= 0.6 is 22.6 Å². The summed E-state index contributed by atoms with van der Waals surface area (Å²) in [5, 5.41) is 0. The fourth-order valence-corrected chi connectivity index (χ4v) is 2.09. The molecule has 2 heterocycles. The van der Waals surface area contributed by atoms with Crippen molar-refractivity contribution in [2.75, 3.05) is 0 Å². The second-order valence-corrected chi connectivity index (χ2v) is 4.84. The van der Waals surface area contributed by atoms with E-state index in [0.717, 1.165) is 12.4 Å². The Balaban J connectivity index is 2.43. The molecule has 0 aliphatic heterocycles. The predicted octanol–water partition coefficient (Wildman–Crippen LogP) is 1.42. The second-order valence-electron chi connectivity index (χ2n) is 3.67. The molecule has 0 unspecified atom stereocenters. The Kier molecular flexibility index (Phi) is 3.60. The van der Waals surface area contributed by atoms with E-state index in [-0.39, 0.29) is 5.56 Å². The highest BCUT2D eigenvalue weighted by Gasteiger charge is 2.09. The SMILES string of the molecule is CCn1ccnc1Cn1c(C)ncc(I)c1=O. The monoisotopic (exact) mass is 344 g/mol. The molecule has 0 atom stereocenters. The quantitative estimate of drug-likeness (QED) is 0.792. The summed E-state index contributed by atoms with van der Waals surface area (Å²) in [6, 6.07) is 0. The van der Waals surface area contributed by atoms with Crippen molar-refractivity contribution in [3.63, 3.8) is 0 Å². The maximum Gasteiger partial charge on any atom is 0.267 e. The minimum atomic E-state index is -0.0104. The fourth-order valence-electron chi connectivity index (χ4n) is 1.66. The molecule has 0 aliphatic carbocycles. The van der Waals surface area contributed by atoms with E-state index in [2.05, 4.69) is 9.97 Å². The van der Waals surface area contributed by atoms with Gasteiger partial charge in [-0.15, -0.1) is 0 Å². The van der Waals surface area contributed by atoms with Gasteiger partial charge in [-0.25, -0.2) is 9.97 Å². The number of aryl methyl sites for hydroxylation is 2. The Morgan fingerprint density at radius 3 is 2.88 bits per heavy atom. The van der Waals surface area contributed by atoms with Crippen LogP contribution in [0.25, 0.3) is 0 Å². The van der Waals surface area contributed by atoms with Gasteiger partial charge in [-0.1, -0.05) is 0 Å². The first kappa shape index (κ1) is 12.3. The fraction of sp³-hybridized carbons (Fsp3) is 0.364. The molecule has 0 spiro atoms. The standard InChI is InChI=1S/C11H13IN4O/c1-3-15-5-4-13-10(15)7-16-8(2)14-6-9(12)11(16)17/h4-6H,3,7H2,1-2H3. The average molecular weight is 344 g/mol. The minimum absolute atomic E-state index is 0.0104. The van der Waals surface area contributed by atoms with Gasteiger partial charge >= 0.3 is 0 Å². The molecule has 0 fully saturated rings. The lowest BCUT2D eigenvalue weighted by Gasteiger charge is -2.10. The van der Waals surface area contributed by atoms with Gasteiger partial charge in [-0.3, -0.25) is 9.36 Å². The van der Waals surface area contributed by atoms with Crippen LogP contribution in [0.3, 0.4) is 0 Å². The Hall–Kier alpha value is -1.18. The largest absolute Gasteiger partial charge is 0.334 e. The van der Waals surface area contributed by atoms with Crippen molar-refractivity contribution < 1.29 is 0 Å². The summed E-state index contributed by atoms with van der Waals surface area (Å²) < 4.78 is 4.30. The molecule has 17 heavy (non-hydrogen) atoms. The topological polar surface area (TPSA) is 52.7 Å². The Labute approximate surface area is 113 Å². The lowest BCUT2D eigenvalue weighted by Crippen LogP contribution is -2.27. The van der Waals surface area contributed by atoms with Crippen LogP contribution in [0.4, 0.5) is 0 Å². The van der Waals surface area contributed by atoms with Crippen molar-refractivity contribution >= 4 is 22.6 Å². The second kappa shape index (κ2) is 4.99. The van der Waals surface area contributed by atoms with Crippen LogP contribution in [0.1, 0.15) is 18.6 Å². The lowest BCUT2D eigenvalue weighted by atomic mass is 10.4. The van der Waals surface area contributed by atoms with Crippen molar-refractivity contribution in [3.8, 4) is 0 Å². The number of nitrogens with zero attached hydrogens (tertiary/aromatic N) is 4. The van der Waals surface area contributed by atoms with E-state index in [4.69, 9.17) is 0 Å². The van der Waals surface area contributed by atoms with E-state index in [9.17, 15) is 4.79 Å². The number of hydrogen-bond donors (Lipinski definition) is 0. The number of imidazole rings is 1. The van der Waals surface area contributed by atoms with Crippen LogP contribution in [-0.2, 0) is 13.1 Å². The molecule has 0 amide bonds. The Morgan fingerprint density at radius 1 is 1.41 bits per heavy atom.